The third-order valence-corrected chi connectivity index (χ3v) is 5.89. The molecule has 2 atom stereocenters. The quantitative estimate of drug-likeness (QED) is 0.550. The SMILES string of the molecule is CN=C(NCC(C)CN1CCCCC1)N1CCC(COCc2ccccc2)C1. The number of rotatable bonds is 8. The Hall–Kier alpha value is -1.59. The van der Waals surface area contributed by atoms with Gasteiger partial charge in [0.25, 0.3) is 0 Å². The molecule has 0 bridgehead atoms. The van der Waals surface area contributed by atoms with Crippen molar-refractivity contribution in [3.63, 3.8) is 0 Å². The van der Waals surface area contributed by atoms with E-state index >= 15 is 0 Å². The Bertz CT molecular complexity index is 586. The third kappa shape index (κ3) is 6.78. The predicted octanol–water partition coefficient (Wildman–Crippen LogP) is 3.22. The van der Waals surface area contributed by atoms with Gasteiger partial charge in [0.1, 0.15) is 0 Å². The van der Waals surface area contributed by atoms with Gasteiger partial charge in [0.15, 0.2) is 5.96 Å². The number of likely N-dealkylation sites (tertiary alicyclic amines) is 2. The van der Waals surface area contributed by atoms with E-state index in [1.807, 2.05) is 13.1 Å². The van der Waals surface area contributed by atoms with E-state index < -0.39 is 0 Å². The molecule has 0 spiro atoms. The Kier molecular flexibility index (Phi) is 8.62. The summed E-state index contributed by atoms with van der Waals surface area (Å²) in [5.41, 5.74) is 1.25. The number of nitrogens with one attached hydrogen (secondary N) is 1. The molecule has 3 rings (SSSR count). The van der Waals surface area contributed by atoms with Gasteiger partial charge in [0.05, 0.1) is 13.2 Å². The van der Waals surface area contributed by atoms with Gasteiger partial charge in [0, 0.05) is 39.1 Å². The van der Waals surface area contributed by atoms with Gasteiger partial charge in [0.2, 0.25) is 0 Å². The van der Waals surface area contributed by atoms with Crippen LogP contribution < -0.4 is 5.32 Å². The molecule has 28 heavy (non-hydrogen) atoms. The van der Waals surface area contributed by atoms with Crippen LogP contribution >= 0.6 is 0 Å². The van der Waals surface area contributed by atoms with Crippen molar-refractivity contribution in [3.8, 4) is 0 Å². The minimum Gasteiger partial charge on any atom is -0.376 e. The highest BCUT2D eigenvalue weighted by Gasteiger charge is 2.25. The number of piperidine rings is 1. The fourth-order valence-electron chi connectivity index (χ4n) is 4.32. The molecule has 2 fully saturated rings. The van der Waals surface area contributed by atoms with Crippen LogP contribution in [0.5, 0.6) is 0 Å². The fraction of sp³-hybridized carbons (Fsp3) is 0.696. The Balaban J connectivity index is 1.34. The summed E-state index contributed by atoms with van der Waals surface area (Å²) in [6.07, 6.45) is 5.31. The maximum absolute atomic E-state index is 5.96. The number of ether oxygens (including phenoxy) is 1. The van der Waals surface area contributed by atoms with Crippen LogP contribution in [-0.2, 0) is 11.3 Å². The van der Waals surface area contributed by atoms with E-state index in [2.05, 4.69) is 51.3 Å². The molecule has 1 N–H and O–H groups in total. The van der Waals surface area contributed by atoms with Gasteiger partial charge in [-0.1, -0.05) is 43.7 Å². The third-order valence-electron chi connectivity index (χ3n) is 5.89. The van der Waals surface area contributed by atoms with E-state index in [-0.39, 0.29) is 0 Å². The molecule has 5 nitrogen and oxygen atoms in total. The van der Waals surface area contributed by atoms with Crippen molar-refractivity contribution in [1.82, 2.24) is 15.1 Å². The predicted molar refractivity (Wildman–Crippen MR) is 117 cm³/mol. The van der Waals surface area contributed by atoms with Crippen molar-refractivity contribution >= 4 is 5.96 Å². The van der Waals surface area contributed by atoms with Gasteiger partial charge in [-0.2, -0.15) is 0 Å². The smallest absolute Gasteiger partial charge is 0.193 e. The highest BCUT2D eigenvalue weighted by Crippen LogP contribution is 2.17. The molecule has 2 aliphatic heterocycles. The zero-order valence-corrected chi connectivity index (χ0v) is 17.8. The lowest BCUT2D eigenvalue weighted by Gasteiger charge is -2.30. The molecule has 156 valence electrons. The molecule has 2 heterocycles. The summed E-state index contributed by atoms with van der Waals surface area (Å²) in [5.74, 6) is 2.28. The summed E-state index contributed by atoms with van der Waals surface area (Å²) in [4.78, 5) is 9.54. The lowest BCUT2D eigenvalue weighted by molar-refractivity contribution is 0.0906. The molecular formula is C23H38N4O. The lowest BCUT2D eigenvalue weighted by atomic mass is 10.1. The summed E-state index contributed by atoms with van der Waals surface area (Å²) in [6, 6.07) is 10.4. The number of benzene rings is 1. The standard InChI is InChI=1S/C23H38N4O/c1-20(16-26-12-7-4-8-13-26)15-25-23(24-2)27-14-11-22(17-27)19-28-18-21-9-5-3-6-10-21/h3,5-6,9-10,20,22H,4,7-8,11-19H2,1-2H3,(H,24,25). The van der Waals surface area contributed by atoms with Crippen molar-refractivity contribution < 1.29 is 4.74 Å². The number of nitrogens with zero attached hydrogens (tertiary/aromatic N) is 3. The average Bonchev–Trinajstić information content (AvgIpc) is 3.19. The number of hydrogen-bond acceptors (Lipinski definition) is 3. The topological polar surface area (TPSA) is 40.1 Å². The maximum Gasteiger partial charge on any atom is 0.193 e. The van der Waals surface area contributed by atoms with E-state index in [0.29, 0.717) is 18.4 Å². The van der Waals surface area contributed by atoms with Crippen LogP contribution in [0.4, 0.5) is 0 Å². The van der Waals surface area contributed by atoms with Crippen LogP contribution in [0.15, 0.2) is 35.3 Å². The minimum atomic E-state index is 0.591. The largest absolute Gasteiger partial charge is 0.376 e. The van der Waals surface area contributed by atoms with Gasteiger partial charge >= 0.3 is 0 Å². The molecule has 0 aromatic heterocycles. The Morgan fingerprint density at radius 3 is 2.71 bits per heavy atom. The molecular weight excluding hydrogens is 348 g/mol. The first-order valence-corrected chi connectivity index (χ1v) is 11.0. The van der Waals surface area contributed by atoms with Crippen LogP contribution in [0.1, 0.15) is 38.2 Å². The summed E-state index contributed by atoms with van der Waals surface area (Å²) >= 11 is 0. The van der Waals surface area contributed by atoms with Gasteiger partial charge in [-0.15, -0.1) is 0 Å². The highest BCUT2D eigenvalue weighted by molar-refractivity contribution is 5.80. The van der Waals surface area contributed by atoms with E-state index in [4.69, 9.17) is 4.74 Å². The normalized spacial score (nSPS) is 22.4. The molecule has 0 saturated carbocycles. The zero-order chi connectivity index (χ0) is 19.6. The zero-order valence-electron chi connectivity index (χ0n) is 17.8. The molecule has 0 amide bonds. The van der Waals surface area contributed by atoms with E-state index in [0.717, 1.165) is 32.2 Å². The van der Waals surface area contributed by atoms with Gasteiger partial charge in [-0.3, -0.25) is 4.99 Å². The second-order valence-electron chi connectivity index (χ2n) is 8.50. The fourth-order valence-corrected chi connectivity index (χ4v) is 4.32. The Morgan fingerprint density at radius 1 is 1.18 bits per heavy atom. The summed E-state index contributed by atoms with van der Waals surface area (Å²) in [6.45, 7) is 10.7. The molecule has 2 saturated heterocycles. The maximum atomic E-state index is 5.96. The van der Waals surface area contributed by atoms with E-state index in [9.17, 15) is 0 Å². The Labute approximate surface area is 171 Å². The van der Waals surface area contributed by atoms with Crippen molar-refractivity contribution in [2.75, 3.05) is 52.9 Å². The molecule has 2 aliphatic rings. The van der Waals surface area contributed by atoms with Gasteiger partial charge in [-0.25, -0.2) is 0 Å². The molecule has 1 aromatic rings. The van der Waals surface area contributed by atoms with Crippen LogP contribution in [-0.4, -0.2) is 68.7 Å². The number of hydrogen-bond donors (Lipinski definition) is 1. The second-order valence-corrected chi connectivity index (χ2v) is 8.50. The molecule has 1 aromatic carbocycles. The number of aliphatic imine (C=N–C) groups is 1. The molecule has 5 heteroatoms. The van der Waals surface area contributed by atoms with Crippen molar-refractivity contribution in [2.24, 2.45) is 16.8 Å². The van der Waals surface area contributed by atoms with Crippen molar-refractivity contribution in [1.29, 1.82) is 0 Å². The first-order valence-electron chi connectivity index (χ1n) is 11.0. The van der Waals surface area contributed by atoms with Gasteiger partial charge < -0.3 is 19.9 Å². The Morgan fingerprint density at radius 2 is 1.96 bits per heavy atom. The minimum absolute atomic E-state index is 0.591. The first kappa shape index (κ1) is 21.1. The van der Waals surface area contributed by atoms with E-state index in [1.54, 1.807) is 0 Å². The molecule has 2 unspecified atom stereocenters. The number of guanidine groups is 1. The average molecular weight is 387 g/mol. The molecule has 0 aliphatic carbocycles. The summed E-state index contributed by atoms with van der Waals surface area (Å²) < 4.78 is 5.96. The van der Waals surface area contributed by atoms with E-state index in [1.165, 1.54) is 50.9 Å². The van der Waals surface area contributed by atoms with Crippen LogP contribution in [0.3, 0.4) is 0 Å². The second kappa shape index (κ2) is 11.4. The molecule has 0 radical (unpaired) electrons. The lowest BCUT2D eigenvalue weighted by Crippen LogP contribution is -2.44. The van der Waals surface area contributed by atoms with Crippen LogP contribution in [0, 0.1) is 11.8 Å². The summed E-state index contributed by atoms with van der Waals surface area (Å²) in [7, 11) is 1.90. The summed E-state index contributed by atoms with van der Waals surface area (Å²) in [5, 5.41) is 3.61. The van der Waals surface area contributed by atoms with Crippen LogP contribution in [0.25, 0.3) is 0 Å². The van der Waals surface area contributed by atoms with Crippen molar-refractivity contribution in [2.45, 2.75) is 39.2 Å². The van der Waals surface area contributed by atoms with Crippen LogP contribution in [0.2, 0.25) is 0 Å². The van der Waals surface area contributed by atoms with Crippen molar-refractivity contribution in [3.05, 3.63) is 35.9 Å². The highest BCUT2D eigenvalue weighted by atomic mass is 16.5. The first-order chi connectivity index (χ1) is 13.7. The van der Waals surface area contributed by atoms with Gasteiger partial charge in [-0.05, 0) is 43.8 Å². The monoisotopic (exact) mass is 386 g/mol.